The number of urea groups is 1. The standard InChI is InChI=1S/C20H17BrN2O5/c1-11-17(19(24)26-2)18(13-5-3-4-6-14(13)21)22-20(25)23(11)12-7-8-15-16(9-12)28-10-27-15/h3-9,18H,10H2,1-2H3,(H,22,25)/t18-/m0/s1. The van der Waals surface area contributed by atoms with E-state index < -0.39 is 12.0 Å². The number of hydrogen-bond acceptors (Lipinski definition) is 5. The van der Waals surface area contributed by atoms with Gasteiger partial charge in [-0.15, -0.1) is 0 Å². The Morgan fingerprint density at radius 1 is 1.21 bits per heavy atom. The minimum atomic E-state index is -0.638. The lowest BCUT2D eigenvalue weighted by atomic mass is 9.94. The van der Waals surface area contributed by atoms with Crippen molar-refractivity contribution < 1.29 is 23.8 Å². The van der Waals surface area contributed by atoms with Gasteiger partial charge < -0.3 is 19.5 Å². The highest BCUT2D eigenvalue weighted by molar-refractivity contribution is 9.10. The van der Waals surface area contributed by atoms with Crippen LogP contribution in [0.5, 0.6) is 11.5 Å². The molecule has 2 aliphatic heterocycles. The lowest BCUT2D eigenvalue weighted by Crippen LogP contribution is -2.48. The fourth-order valence-corrected chi connectivity index (χ4v) is 3.91. The van der Waals surface area contributed by atoms with E-state index in [1.807, 2.05) is 24.3 Å². The summed E-state index contributed by atoms with van der Waals surface area (Å²) < 4.78 is 16.5. The van der Waals surface area contributed by atoms with Gasteiger partial charge in [0.25, 0.3) is 0 Å². The van der Waals surface area contributed by atoms with Crippen molar-refractivity contribution in [2.24, 2.45) is 0 Å². The van der Waals surface area contributed by atoms with Crippen molar-refractivity contribution in [2.75, 3.05) is 18.8 Å². The number of rotatable bonds is 3. The number of methoxy groups -OCH3 is 1. The molecule has 0 bridgehead atoms. The second kappa shape index (κ2) is 7.20. The number of benzene rings is 2. The highest BCUT2D eigenvalue weighted by Gasteiger charge is 2.38. The summed E-state index contributed by atoms with van der Waals surface area (Å²) in [7, 11) is 1.32. The minimum absolute atomic E-state index is 0.136. The van der Waals surface area contributed by atoms with Crippen molar-refractivity contribution in [1.29, 1.82) is 0 Å². The van der Waals surface area contributed by atoms with Crippen LogP contribution < -0.4 is 19.7 Å². The number of nitrogens with zero attached hydrogens (tertiary/aromatic N) is 1. The number of anilines is 1. The van der Waals surface area contributed by atoms with Gasteiger partial charge in [0.05, 0.1) is 24.4 Å². The van der Waals surface area contributed by atoms with E-state index in [0.29, 0.717) is 28.5 Å². The third kappa shape index (κ3) is 2.99. The molecule has 1 atom stereocenters. The van der Waals surface area contributed by atoms with Gasteiger partial charge in [0.15, 0.2) is 11.5 Å². The second-order valence-corrected chi connectivity index (χ2v) is 7.12. The van der Waals surface area contributed by atoms with Crippen molar-refractivity contribution >= 4 is 33.6 Å². The summed E-state index contributed by atoms with van der Waals surface area (Å²) in [5.74, 6) is 0.650. The third-order valence-electron chi connectivity index (χ3n) is 4.72. The number of carbonyl (C=O) groups is 2. The summed E-state index contributed by atoms with van der Waals surface area (Å²) >= 11 is 3.49. The first-order chi connectivity index (χ1) is 13.5. The predicted octanol–water partition coefficient (Wildman–Crippen LogP) is 3.90. The molecule has 2 amide bonds. The Morgan fingerprint density at radius 3 is 2.71 bits per heavy atom. The van der Waals surface area contributed by atoms with E-state index in [0.717, 1.165) is 10.0 Å². The molecular weight excluding hydrogens is 428 g/mol. The molecule has 0 aromatic heterocycles. The largest absolute Gasteiger partial charge is 0.466 e. The zero-order valence-corrected chi connectivity index (χ0v) is 16.8. The fourth-order valence-electron chi connectivity index (χ4n) is 3.40. The lowest BCUT2D eigenvalue weighted by molar-refractivity contribution is -0.136. The van der Waals surface area contributed by atoms with E-state index in [2.05, 4.69) is 21.2 Å². The van der Waals surface area contributed by atoms with Gasteiger partial charge in [0.1, 0.15) is 0 Å². The van der Waals surface area contributed by atoms with Crippen molar-refractivity contribution in [3.8, 4) is 11.5 Å². The van der Waals surface area contributed by atoms with Crippen LogP contribution in [0.3, 0.4) is 0 Å². The van der Waals surface area contributed by atoms with E-state index in [9.17, 15) is 9.59 Å². The fraction of sp³-hybridized carbons (Fsp3) is 0.200. The van der Waals surface area contributed by atoms with Crippen LogP contribution in [-0.4, -0.2) is 25.9 Å². The van der Waals surface area contributed by atoms with Gasteiger partial charge in [-0.05, 0) is 30.7 Å². The van der Waals surface area contributed by atoms with E-state index in [1.54, 1.807) is 25.1 Å². The zero-order valence-electron chi connectivity index (χ0n) is 15.2. The van der Waals surface area contributed by atoms with Crippen LogP contribution in [0.1, 0.15) is 18.5 Å². The molecule has 0 saturated carbocycles. The Hall–Kier alpha value is -3.00. The number of halogens is 1. The van der Waals surface area contributed by atoms with Crippen molar-refractivity contribution in [3.63, 3.8) is 0 Å². The number of esters is 1. The molecule has 2 aromatic rings. The number of fused-ring (bicyclic) bond motifs is 1. The molecule has 2 aromatic carbocycles. The normalized spacial score (nSPS) is 18.2. The van der Waals surface area contributed by atoms with Gasteiger partial charge in [-0.3, -0.25) is 4.90 Å². The topological polar surface area (TPSA) is 77.1 Å². The molecule has 0 radical (unpaired) electrons. The first kappa shape index (κ1) is 18.4. The van der Waals surface area contributed by atoms with E-state index in [4.69, 9.17) is 14.2 Å². The van der Waals surface area contributed by atoms with Crippen LogP contribution >= 0.6 is 15.9 Å². The Morgan fingerprint density at radius 2 is 1.96 bits per heavy atom. The maximum absolute atomic E-state index is 13.0. The smallest absolute Gasteiger partial charge is 0.337 e. The third-order valence-corrected chi connectivity index (χ3v) is 5.44. The maximum atomic E-state index is 13.0. The Balaban J connectivity index is 1.84. The van der Waals surface area contributed by atoms with Gasteiger partial charge in [0.2, 0.25) is 6.79 Å². The van der Waals surface area contributed by atoms with Crippen LogP contribution in [0, 0.1) is 0 Å². The van der Waals surface area contributed by atoms with Gasteiger partial charge >= 0.3 is 12.0 Å². The molecule has 7 nitrogen and oxygen atoms in total. The average Bonchev–Trinajstić information content (AvgIpc) is 3.15. The first-order valence-electron chi connectivity index (χ1n) is 8.55. The number of allylic oxidation sites excluding steroid dienone is 1. The quantitative estimate of drug-likeness (QED) is 0.726. The number of amides is 2. The molecule has 4 rings (SSSR count). The monoisotopic (exact) mass is 444 g/mol. The molecule has 144 valence electrons. The number of ether oxygens (including phenoxy) is 3. The zero-order chi connectivity index (χ0) is 19.8. The van der Waals surface area contributed by atoms with Gasteiger partial charge in [-0.2, -0.15) is 0 Å². The summed E-state index contributed by atoms with van der Waals surface area (Å²) in [6.45, 7) is 1.86. The molecule has 1 N–H and O–H groups in total. The predicted molar refractivity (Wildman–Crippen MR) is 105 cm³/mol. The van der Waals surface area contributed by atoms with Gasteiger partial charge in [-0.25, -0.2) is 9.59 Å². The van der Waals surface area contributed by atoms with Crippen LogP contribution in [-0.2, 0) is 9.53 Å². The van der Waals surface area contributed by atoms with Crippen LogP contribution in [0.15, 0.2) is 58.2 Å². The van der Waals surface area contributed by atoms with E-state index in [1.165, 1.54) is 12.0 Å². The molecule has 2 heterocycles. The summed E-state index contributed by atoms with van der Waals surface area (Å²) in [5.41, 5.74) is 2.16. The molecule has 0 spiro atoms. The number of carbonyl (C=O) groups excluding carboxylic acids is 2. The number of hydrogen-bond donors (Lipinski definition) is 1. The lowest BCUT2D eigenvalue weighted by Gasteiger charge is -2.35. The van der Waals surface area contributed by atoms with Crippen molar-refractivity contribution in [1.82, 2.24) is 5.32 Å². The van der Waals surface area contributed by atoms with Crippen LogP contribution in [0.4, 0.5) is 10.5 Å². The summed E-state index contributed by atoms with van der Waals surface area (Å²) in [5, 5.41) is 2.91. The number of nitrogens with one attached hydrogen (secondary N) is 1. The molecule has 8 heteroatoms. The second-order valence-electron chi connectivity index (χ2n) is 6.27. The minimum Gasteiger partial charge on any atom is -0.466 e. The van der Waals surface area contributed by atoms with Gasteiger partial charge in [0, 0.05) is 16.2 Å². The Bertz CT molecular complexity index is 1000. The molecular formula is C20H17BrN2O5. The highest BCUT2D eigenvalue weighted by Crippen LogP contribution is 2.40. The van der Waals surface area contributed by atoms with E-state index in [-0.39, 0.29) is 12.8 Å². The van der Waals surface area contributed by atoms with Crippen molar-refractivity contribution in [3.05, 3.63) is 63.8 Å². The Labute approximate surface area is 170 Å². The molecule has 0 unspecified atom stereocenters. The summed E-state index contributed by atoms with van der Waals surface area (Å²) in [6, 6.07) is 11.6. The van der Waals surface area contributed by atoms with Crippen LogP contribution in [0.25, 0.3) is 0 Å². The maximum Gasteiger partial charge on any atom is 0.337 e. The molecule has 0 saturated heterocycles. The van der Waals surface area contributed by atoms with Crippen LogP contribution in [0.2, 0.25) is 0 Å². The molecule has 0 fully saturated rings. The Kier molecular flexibility index (Phi) is 4.72. The molecule has 2 aliphatic rings. The summed E-state index contributed by atoms with van der Waals surface area (Å²) in [4.78, 5) is 27.1. The average molecular weight is 445 g/mol. The SMILES string of the molecule is COC(=O)C1=C(C)N(c2ccc3c(c2)OCO3)C(=O)N[C@H]1c1ccccc1Br. The van der Waals surface area contributed by atoms with Gasteiger partial charge in [-0.1, -0.05) is 34.1 Å². The van der Waals surface area contributed by atoms with Crippen molar-refractivity contribution in [2.45, 2.75) is 13.0 Å². The highest BCUT2D eigenvalue weighted by atomic mass is 79.9. The first-order valence-corrected chi connectivity index (χ1v) is 9.34. The molecule has 0 aliphatic carbocycles. The molecule has 28 heavy (non-hydrogen) atoms. The summed E-state index contributed by atoms with van der Waals surface area (Å²) in [6.07, 6.45) is 0. The van der Waals surface area contributed by atoms with E-state index >= 15 is 0 Å².